The predicted molar refractivity (Wildman–Crippen MR) is 100 cm³/mol. The summed E-state index contributed by atoms with van der Waals surface area (Å²) in [5.41, 5.74) is 4.23. The summed E-state index contributed by atoms with van der Waals surface area (Å²) >= 11 is 0. The van der Waals surface area contributed by atoms with Crippen molar-refractivity contribution < 1.29 is 10.2 Å². The molecule has 2 aromatic carbocycles. The predicted octanol–water partition coefficient (Wildman–Crippen LogP) is 4.95. The zero-order chi connectivity index (χ0) is 17.4. The van der Waals surface area contributed by atoms with E-state index < -0.39 is 12.2 Å². The van der Waals surface area contributed by atoms with E-state index in [9.17, 15) is 10.2 Å². The van der Waals surface area contributed by atoms with Gasteiger partial charge in [0.1, 0.15) is 0 Å². The third-order valence-corrected chi connectivity index (χ3v) is 4.81. The summed E-state index contributed by atoms with van der Waals surface area (Å²) in [4.78, 5) is 0. The van der Waals surface area contributed by atoms with Crippen LogP contribution >= 0.6 is 0 Å². The van der Waals surface area contributed by atoms with E-state index in [1.807, 2.05) is 12.1 Å². The number of aryl methyl sites for hydroxylation is 1. The van der Waals surface area contributed by atoms with Crippen molar-refractivity contribution >= 4 is 21.8 Å². The first-order valence-electron chi connectivity index (χ1n) is 8.80. The molecule has 0 saturated heterocycles. The topological polar surface area (TPSA) is 45.4 Å². The van der Waals surface area contributed by atoms with Crippen LogP contribution in [0.15, 0.2) is 36.4 Å². The first-order chi connectivity index (χ1) is 11.4. The lowest BCUT2D eigenvalue weighted by molar-refractivity contribution is 0.199. The second kappa shape index (κ2) is 6.58. The number of hydrogen-bond acceptors (Lipinski definition) is 2. The molecule has 0 bridgehead atoms. The molecular formula is C21H27NO2. The molecule has 0 aliphatic carbocycles. The van der Waals surface area contributed by atoms with Gasteiger partial charge in [-0.25, -0.2) is 0 Å². The summed E-state index contributed by atoms with van der Waals surface area (Å²) in [5, 5.41) is 22.2. The summed E-state index contributed by atoms with van der Waals surface area (Å²) in [6.07, 6.45) is 0.154. The lowest BCUT2D eigenvalue weighted by atomic mass is 10.0. The highest BCUT2D eigenvalue weighted by atomic mass is 16.3. The van der Waals surface area contributed by atoms with Crippen LogP contribution in [-0.2, 0) is 6.54 Å². The Labute approximate surface area is 143 Å². The van der Waals surface area contributed by atoms with Crippen LogP contribution in [0.2, 0.25) is 0 Å². The third-order valence-electron chi connectivity index (χ3n) is 4.81. The molecule has 0 saturated carbocycles. The van der Waals surface area contributed by atoms with Crippen LogP contribution in [0.3, 0.4) is 0 Å². The number of aliphatic hydroxyl groups excluding tert-OH is 2. The van der Waals surface area contributed by atoms with Gasteiger partial charge in [-0.2, -0.15) is 0 Å². The summed E-state index contributed by atoms with van der Waals surface area (Å²) in [6, 6.07) is 12.4. The largest absolute Gasteiger partial charge is 0.389 e. The van der Waals surface area contributed by atoms with Crippen LogP contribution < -0.4 is 0 Å². The summed E-state index contributed by atoms with van der Waals surface area (Å²) in [5.74, 6) is 0.644. The maximum absolute atomic E-state index is 9.93. The van der Waals surface area contributed by atoms with E-state index in [-0.39, 0.29) is 0 Å². The van der Waals surface area contributed by atoms with Crippen molar-refractivity contribution in [1.82, 2.24) is 4.57 Å². The zero-order valence-corrected chi connectivity index (χ0v) is 15.0. The van der Waals surface area contributed by atoms with Gasteiger partial charge < -0.3 is 14.8 Å². The van der Waals surface area contributed by atoms with E-state index in [2.05, 4.69) is 42.7 Å². The fourth-order valence-corrected chi connectivity index (χ4v) is 3.29. The van der Waals surface area contributed by atoms with E-state index in [0.29, 0.717) is 5.92 Å². The third kappa shape index (κ3) is 3.06. The SMILES string of the molecule is CC(C)CCn1c2ccc(C(C)O)cc2c2cc(C(C)O)ccc21. The maximum Gasteiger partial charge on any atom is 0.0762 e. The Kier molecular flexibility index (Phi) is 4.66. The van der Waals surface area contributed by atoms with Crippen molar-refractivity contribution in [2.75, 3.05) is 0 Å². The summed E-state index contributed by atoms with van der Waals surface area (Å²) < 4.78 is 2.36. The maximum atomic E-state index is 9.93. The highest BCUT2D eigenvalue weighted by Crippen LogP contribution is 2.33. The van der Waals surface area contributed by atoms with Crippen molar-refractivity contribution in [3.8, 4) is 0 Å². The molecule has 0 spiro atoms. The number of rotatable bonds is 5. The van der Waals surface area contributed by atoms with Gasteiger partial charge in [-0.05, 0) is 61.6 Å². The van der Waals surface area contributed by atoms with Crippen LogP contribution in [0.1, 0.15) is 57.5 Å². The fourth-order valence-electron chi connectivity index (χ4n) is 3.29. The molecular weight excluding hydrogens is 298 g/mol. The van der Waals surface area contributed by atoms with Gasteiger partial charge >= 0.3 is 0 Å². The molecule has 24 heavy (non-hydrogen) atoms. The Morgan fingerprint density at radius 1 is 0.792 bits per heavy atom. The molecule has 0 aliphatic rings. The van der Waals surface area contributed by atoms with Crippen LogP contribution in [0.4, 0.5) is 0 Å². The monoisotopic (exact) mass is 325 g/mol. The van der Waals surface area contributed by atoms with Gasteiger partial charge in [-0.15, -0.1) is 0 Å². The molecule has 1 heterocycles. The molecule has 128 valence electrons. The second-order valence-electron chi connectivity index (χ2n) is 7.24. The van der Waals surface area contributed by atoms with Gasteiger partial charge in [0.15, 0.2) is 0 Å². The number of nitrogens with zero attached hydrogens (tertiary/aromatic N) is 1. The normalized spacial score (nSPS) is 14.6. The van der Waals surface area contributed by atoms with E-state index in [1.165, 1.54) is 11.0 Å². The number of benzene rings is 2. The molecule has 3 rings (SSSR count). The Bertz CT molecular complexity index is 794. The number of fused-ring (bicyclic) bond motifs is 3. The van der Waals surface area contributed by atoms with Crippen LogP contribution in [0.5, 0.6) is 0 Å². The van der Waals surface area contributed by atoms with Crippen LogP contribution in [0.25, 0.3) is 21.8 Å². The Morgan fingerprint density at radius 3 is 1.62 bits per heavy atom. The Morgan fingerprint density at radius 2 is 1.25 bits per heavy atom. The minimum atomic E-state index is -0.483. The highest BCUT2D eigenvalue weighted by Gasteiger charge is 2.14. The van der Waals surface area contributed by atoms with Crippen molar-refractivity contribution in [1.29, 1.82) is 0 Å². The minimum Gasteiger partial charge on any atom is -0.389 e. The highest BCUT2D eigenvalue weighted by molar-refractivity contribution is 6.08. The lowest BCUT2D eigenvalue weighted by Gasteiger charge is -2.10. The van der Waals surface area contributed by atoms with E-state index in [0.717, 1.165) is 34.9 Å². The Hall–Kier alpha value is -1.84. The first-order valence-corrected chi connectivity index (χ1v) is 8.80. The van der Waals surface area contributed by atoms with Gasteiger partial charge in [0, 0.05) is 28.4 Å². The molecule has 1 aromatic heterocycles. The molecule has 3 heteroatoms. The average Bonchev–Trinajstić information content (AvgIpc) is 2.85. The minimum absolute atomic E-state index is 0.483. The molecule has 0 fully saturated rings. The van der Waals surface area contributed by atoms with Crippen molar-refractivity contribution in [2.45, 2.75) is 52.9 Å². The molecule has 3 aromatic rings. The fraction of sp³-hybridized carbons (Fsp3) is 0.429. The zero-order valence-electron chi connectivity index (χ0n) is 15.0. The molecule has 3 nitrogen and oxygen atoms in total. The standard InChI is InChI=1S/C21H27NO2/c1-13(2)9-10-22-20-7-5-16(14(3)23)11-18(20)19-12-17(15(4)24)6-8-21(19)22/h5-8,11-15,23-24H,9-10H2,1-4H3. The van der Waals surface area contributed by atoms with Crippen molar-refractivity contribution in [3.63, 3.8) is 0 Å². The van der Waals surface area contributed by atoms with Crippen molar-refractivity contribution in [3.05, 3.63) is 47.5 Å². The lowest BCUT2D eigenvalue weighted by Crippen LogP contribution is -2.01. The molecule has 0 amide bonds. The van der Waals surface area contributed by atoms with E-state index in [4.69, 9.17) is 0 Å². The number of hydrogen-bond donors (Lipinski definition) is 2. The van der Waals surface area contributed by atoms with Crippen LogP contribution in [-0.4, -0.2) is 14.8 Å². The number of aliphatic hydroxyl groups is 2. The second-order valence-corrected chi connectivity index (χ2v) is 7.24. The summed E-state index contributed by atoms with van der Waals surface area (Å²) in [6.45, 7) is 9.04. The van der Waals surface area contributed by atoms with E-state index in [1.54, 1.807) is 13.8 Å². The van der Waals surface area contributed by atoms with Gasteiger partial charge in [0.25, 0.3) is 0 Å². The smallest absolute Gasteiger partial charge is 0.0762 e. The van der Waals surface area contributed by atoms with Gasteiger partial charge in [0.2, 0.25) is 0 Å². The van der Waals surface area contributed by atoms with Crippen molar-refractivity contribution in [2.24, 2.45) is 5.92 Å². The first kappa shape index (κ1) is 17.0. The molecule has 2 atom stereocenters. The molecule has 2 unspecified atom stereocenters. The number of aromatic nitrogens is 1. The van der Waals surface area contributed by atoms with Gasteiger partial charge in [0.05, 0.1) is 12.2 Å². The Balaban J connectivity index is 2.27. The van der Waals surface area contributed by atoms with Gasteiger partial charge in [-0.3, -0.25) is 0 Å². The molecule has 0 radical (unpaired) electrons. The molecule has 0 aliphatic heterocycles. The summed E-state index contributed by atoms with van der Waals surface area (Å²) in [7, 11) is 0. The van der Waals surface area contributed by atoms with Gasteiger partial charge in [-0.1, -0.05) is 26.0 Å². The van der Waals surface area contributed by atoms with E-state index >= 15 is 0 Å². The van der Waals surface area contributed by atoms with Crippen LogP contribution in [0, 0.1) is 5.92 Å². The molecule has 2 N–H and O–H groups in total. The quantitative estimate of drug-likeness (QED) is 0.697. The average molecular weight is 325 g/mol.